The first kappa shape index (κ1) is 15.0. The Morgan fingerprint density at radius 1 is 1.30 bits per heavy atom. The second-order valence-corrected chi connectivity index (χ2v) is 5.61. The van der Waals surface area contributed by atoms with Crippen LogP contribution < -0.4 is 10.2 Å². The van der Waals surface area contributed by atoms with Crippen LogP contribution in [-0.2, 0) is 11.2 Å². The molecule has 0 bridgehead atoms. The van der Waals surface area contributed by atoms with Crippen LogP contribution in [-0.4, -0.2) is 23.4 Å². The van der Waals surface area contributed by atoms with Crippen molar-refractivity contribution < 1.29 is 9.72 Å². The molecule has 6 heteroatoms. The summed E-state index contributed by atoms with van der Waals surface area (Å²) in [5.41, 5.74) is 2.68. The van der Waals surface area contributed by atoms with Crippen molar-refractivity contribution in [3.63, 3.8) is 0 Å². The molecule has 2 aromatic rings. The highest BCUT2D eigenvalue weighted by Crippen LogP contribution is 2.31. The number of amides is 1. The van der Waals surface area contributed by atoms with Gasteiger partial charge in [-0.1, -0.05) is 24.3 Å². The highest BCUT2D eigenvalue weighted by Gasteiger charge is 2.30. The van der Waals surface area contributed by atoms with E-state index in [1.165, 1.54) is 17.7 Å². The molecule has 0 spiro atoms. The molecule has 6 nitrogen and oxygen atoms in total. The molecular weight excluding hydrogens is 294 g/mol. The largest absolute Gasteiger partial charge is 0.376 e. The standard InChI is InChI=1S/C17H17N3O3/c1-12-9-13-5-2-3-8-16(13)19(12)17(21)11-18-14-6-4-7-15(10-14)20(22)23/h2-8,10,12,18H,9,11H2,1H3/t12-/m0/s1. The summed E-state index contributed by atoms with van der Waals surface area (Å²) in [6, 6.07) is 14.1. The van der Waals surface area contributed by atoms with E-state index in [2.05, 4.69) is 5.32 Å². The van der Waals surface area contributed by atoms with Crippen molar-refractivity contribution >= 4 is 23.0 Å². The normalized spacial score (nSPS) is 16.0. The predicted octanol–water partition coefficient (Wildman–Crippen LogP) is 2.98. The van der Waals surface area contributed by atoms with Crippen LogP contribution in [0, 0.1) is 10.1 Å². The first-order valence-electron chi connectivity index (χ1n) is 7.44. The number of nitrogens with zero attached hydrogens (tertiary/aromatic N) is 2. The summed E-state index contributed by atoms with van der Waals surface area (Å²) in [4.78, 5) is 24.7. The van der Waals surface area contributed by atoms with Crippen LogP contribution in [0.3, 0.4) is 0 Å². The van der Waals surface area contributed by atoms with E-state index >= 15 is 0 Å². The fourth-order valence-corrected chi connectivity index (χ4v) is 2.94. The molecule has 1 amide bonds. The molecule has 1 aliphatic heterocycles. The number of anilines is 2. The van der Waals surface area contributed by atoms with Gasteiger partial charge in [0.2, 0.25) is 5.91 Å². The van der Waals surface area contributed by atoms with Gasteiger partial charge >= 0.3 is 0 Å². The average Bonchev–Trinajstić information content (AvgIpc) is 2.88. The molecule has 0 saturated heterocycles. The van der Waals surface area contributed by atoms with E-state index in [1.54, 1.807) is 17.0 Å². The molecule has 0 aromatic heterocycles. The van der Waals surface area contributed by atoms with E-state index in [0.717, 1.165) is 12.1 Å². The minimum Gasteiger partial charge on any atom is -0.376 e. The van der Waals surface area contributed by atoms with Gasteiger partial charge in [0.25, 0.3) is 5.69 Å². The molecule has 23 heavy (non-hydrogen) atoms. The third kappa shape index (κ3) is 3.01. The first-order chi connectivity index (χ1) is 11.1. The number of hydrogen-bond donors (Lipinski definition) is 1. The SMILES string of the molecule is C[C@H]1Cc2ccccc2N1C(=O)CNc1cccc([N+](=O)[O-])c1. The topological polar surface area (TPSA) is 75.5 Å². The summed E-state index contributed by atoms with van der Waals surface area (Å²) < 4.78 is 0. The quantitative estimate of drug-likeness (QED) is 0.695. The molecule has 3 rings (SSSR count). The van der Waals surface area contributed by atoms with Crippen LogP contribution in [0.15, 0.2) is 48.5 Å². The average molecular weight is 311 g/mol. The van der Waals surface area contributed by atoms with Crippen LogP contribution in [0.2, 0.25) is 0 Å². The molecule has 0 saturated carbocycles. The summed E-state index contributed by atoms with van der Waals surface area (Å²) in [7, 11) is 0. The van der Waals surface area contributed by atoms with Crippen LogP contribution in [0.5, 0.6) is 0 Å². The van der Waals surface area contributed by atoms with Gasteiger partial charge < -0.3 is 10.2 Å². The molecule has 1 heterocycles. The maximum atomic E-state index is 12.5. The van der Waals surface area contributed by atoms with Crippen LogP contribution in [0.25, 0.3) is 0 Å². The van der Waals surface area contributed by atoms with Crippen LogP contribution in [0.1, 0.15) is 12.5 Å². The van der Waals surface area contributed by atoms with Crippen molar-refractivity contribution in [2.45, 2.75) is 19.4 Å². The van der Waals surface area contributed by atoms with Gasteiger partial charge in [0.15, 0.2) is 0 Å². The number of fused-ring (bicyclic) bond motifs is 1. The lowest BCUT2D eigenvalue weighted by Crippen LogP contribution is -2.39. The third-order valence-corrected chi connectivity index (χ3v) is 3.98. The third-order valence-electron chi connectivity index (χ3n) is 3.98. The molecule has 0 aliphatic carbocycles. The molecular formula is C17H17N3O3. The fraction of sp³-hybridized carbons (Fsp3) is 0.235. The highest BCUT2D eigenvalue weighted by molar-refractivity contribution is 5.98. The number of nitro groups is 1. The number of benzene rings is 2. The Hall–Kier alpha value is -2.89. The number of hydrogen-bond acceptors (Lipinski definition) is 4. The Bertz CT molecular complexity index is 760. The smallest absolute Gasteiger partial charge is 0.271 e. The summed E-state index contributed by atoms with van der Waals surface area (Å²) >= 11 is 0. The van der Waals surface area contributed by atoms with Crippen molar-refractivity contribution in [3.05, 3.63) is 64.2 Å². The minimum absolute atomic E-state index is 0.00216. The molecule has 1 aliphatic rings. The van der Waals surface area contributed by atoms with Crippen LogP contribution in [0.4, 0.5) is 17.1 Å². The molecule has 1 N–H and O–H groups in total. The minimum atomic E-state index is -0.453. The van der Waals surface area contributed by atoms with E-state index in [4.69, 9.17) is 0 Å². The number of nitro benzene ring substituents is 1. The number of carbonyl (C=O) groups excluding carboxylic acids is 1. The highest BCUT2D eigenvalue weighted by atomic mass is 16.6. The Morgan fingerprint density at radius 3 is 2.87 bits per heavy atom. The maximum Gasteiger partial charge on any atom is 0.271 e. The molecule has 0 unspecified atom stereocenters. The van der Waals surface area contributed by atoms with Crippen molar-refractivity contribution in [1.29, 1.82) is 0 Å². The zero-order valence-corrected chi connectivity index (χ0v) is 12.7. The van der Waals surface area contributed by atoms with E-state index in [-0.39, 0.29) is 24.2 Å². The van der Waals surface area contributed by atoms with Crippen molar-refractivity contribution in [2.24, 2.45) is 0 Å². The van der Waals surface area contributed by atoms with E-state index in [0.29, 0.717) is 5.69 Å². The van der Waals surface area contributed by atoms with Crippen molar-refractivity contribution in [3.8, 4) is 0 Å². The first-order valence-corrected chi connectivity index (χ1v) is 7.44. The van der Waals surface area contributed by atoms with E-state index in [9.17, 15) is 14.9 Å². The van der Waals surface area contributed by atoms with Gasteiger partial charge in [-0.25, -0.2) is 0 Å². The molecule has 118 valence electrons. The maximum absolute atomic E-state index is 12.5. The Balaban J connectivity index is 1.71. The van der Waals surface area contributed by atoms with Crippen LogP contribution >= 0.6 is 0 Å². The number of non-ortho nitro benzene ring substituents is 1. The monoisotopic (exact) mass is 311 g/mol. The molecule has 1 atom stereocenters. The van der Waals surface area contributed by atoms with Gasteiger partial charge in [0.1, 0.15) is 0 Å². The Morgan fingerprint density at radius 2 is 2.09 bits per heavy atom. The lowest BCUT2D eigenvalue weighted by Gasteiger charge is -2.23. The van der Waals surface area contributed by atoms with Gasteiger partial charge in [-0.15, -0.1) is 0 Å². The van der Waals surface area contributed by atoms with Gasteiger partial charge in [0.05, 0.1) is 11.5 Å². The summed E-state index contributed by atoms with van der Waals surface area (Å²) in [6.45, 7) is 2.12. The number of carbonyl (C=O) groups is 1. The second-order valence-electron chi connectivity index (χ2n) is 5.61. The Kier molecular flexibility index (Phi) is 3.97. The Labute approximate surface area is 133 Å². The second kappa shape index (κ2) is 6.08. The number of nitrogens with one attached hydrogen (secondary N) is 1. The predicted molar refractivity (Wildman–Crippen MR) is 88.7 cm³/mol. The van der Waals surface area contributed by atoms with E-state index < -0.39 is 4.92 Å². The summed E-state index contributed by atoms with van der Waals surface area (Å²) in [5, 5.41) is 13.8. The van der Waals surface area contributed by atoms with Gasteiger partial charge in [0, 0.05) is 29.5 Å². The van der Waals surface area contributed by atoms with Crippen molar-refractivity contribution in [2.75, 3.05) is 16.8 Å². The lowest BCUT2D eigenvalue weighted by atomic mass is 10.1. The van der Waals surface area contributed by atoms with Gasteiger partial charge in [-0.3, -0.25) is 14.9 Å². The summed E-state index contributed by atoms with van der Waals surface area (Å²) in [5.74, 6) is -0.0473. The lowest BCUT2D eigenvalue weighted by molar-refractivity contribution is -0.384. The zero-order valence-electron chi connectivity index (χ0n) is 12.7. The summed E-state index contributed by atoms with van der Waals surface area (Å²) in [6.07, 6.45) is 0.846. The van der Waals surface area contributed by atoms with E-state index in [1.807, 2.05) is 31.2 Å². The van der Waals surface area contributed by atoms with Gasteiger partial charge in [-0.2, -0.15) is 0 Å². The number of para-hydroxylation sites is 1. The number of rotatable bonds is 4. The molecule has 0 radical (unpaired) electrons. The fourth-order valence-electron chi connectivity index (χ4n) is 2.94. The zero-order chi connectivity index (χ0) is 16.4. The van der Waals surface area contributed by atoms with Gasteiger partial charge in [-0.05, 0) is 31.0 Å². The molecule has 2 aromatic carbocycles. The molecule has 0 fully saturated rings. The van der Waals surface area contributed by atoms with Crippen molar-refractivity contribution in [1.82, 2.24) is 0 Å².